The summed E-state index contributed by atoms with van der Waals surface area (Å²) in [6.45, 7) is 6.77. The van der Waals surface area contributed by atoms with Crippen molar-refractivity contribution in [3.05, 3.63) is 29.3 Å². The highest BCUT2D eigenvalue weighted by atomic mass is 16.2. The van der Waals surface area contributed by atoms with Crippen LogP contribution >= 0.6 is 0 Å². The predicted octanol–water partition coefficient (Wildman–Crippen LogP) is 1.06. The lowest BCUT2D eigenvalue weighted by atomic mass is 10.1. The number of hydrogen-bond donors (Lipinski definition) is 2. The summed E-state index contributed by atoms with van der Waals surface area (Å²) < 4.78 is 0. The van der Waals surface area contributed by atoms with Gasteiger partial charge in [-0.1, -0.05) is 6.07 Å². The summed E-state index contributed by atoms with van der Waals surface area (Å²) in [5, 5.41) is 5.90. The van der Waals surface area contributed by atoms with Gasteiger partial charge in [-0.2, -0.15) is 0 Å². The molecule has 5 heteroatoms. The number of anilines is 1. The van der Waals surface area contributed by atoms with Gasteiger partial charge in [-0.05, 0) is 50.1 Å². The second-order valence-electron chi connectivity index (χ2n) is 5.23. The van der Waals surface area contributed by atoms with Gasteiger partial charge >= 0.3 is 11.8 Å². The molecule has 0 radical (unpaired) electrons. The van der Waals surface area contributed by atoms with E-state index in [2.05, 4.69) is 10.6 Å². The van der Waals surface area contributed by atoms with Crippen LogP contribution in [0, 0.1) is 13.8 Å². The Morgan fingerprint density at radius 2 is 1.80 bits per heavy atom. The molecule has 0 unspecified atom stereocenters. The number of carbonyl (C=O) groups is 2. The van der Waals surface area contributed by atoms with E-state index < -0.39 is 11.8 Å². The molecule has 108 valence electrons. The van der Waals surface area contributed by atoms with Gasteiger partial charge < -0.3 is 15.5 Å². The monoisotopic (exact) mass is 275 g/mol. The smallest absolute Gasteiger partial charge is 0.313 e. The van der Waals surface area contributed by atoms with E-state index in [1.165, 1.54) is 0 Å². The van der Waals surface area contributed by atoms with Crippen LogP contribution in [-0.4, -0.2) is 42.9 Å². The topological polar surface area (TPSA) is 61.4 Å². The number of nitrogens with zero attached hydrogens (tertiary/aromatic N) is 1. The van der Waals surface area contributed by atoms with Gasteiger partial charge in [-0.15, -0.1) is 0 Å². The maximum atomic E-state index is 12.1. The Bertz CT molecular complexity index is 486. The molecule has 2 amide bonds. The van der Waals surface area contributed by atoms with E-state index in [1.54, 1.807) is 4.90 Å². The van der Waals surface area contributed by atoms with Crippen LogP contribution in [0.3, 0.4) is 0 Å². The molecule has 20 heavy (non-hydrogen) atoms. The summed E-state index contributed by atoms with van der Waals surface area (Å²) in [5.74, 6) is -1.01. The standard InChI is InChI=1S/C15H21N3O2/c1-11-8-12(2)10-13(9-11)17-14(19)15(20)18-6-3-4-16-5-7-18/h8-10,16H,3-7H2,1-2H3,(H,17,19). The quantitative estimate of drug-likeness (QED) is 0.754. The Labute approximate surface area is 119 Å². The fourth-order valence-electron chi connectivity index (χ4n) is 2.42. The number of benzene rings is 1. The summed E-state index contributed by atoms with van der Waals surface area (Å²) in [6, 6.07) is 5.75. The van der Waals surface area contributed by atoms with Crippen molar-refractivity contribution in [1.82, 2.24) is 10.2 Å². The molecule has 1 heterocycles. The molecule has 0 aliphatic carbocycles. The molecule has 1 aromatic carbocycles. The summed E-state index contributed by atoms with van der Waals surface area (Å²) >= 11 is 0. The van der Waals surface area contributed by atoms with Crippen molar-refractivity contribution in [2.24, 2.45) is 0 Å². The number of rotatable bonds is 1. The van der Waals surface area contributed by atoms with Gasteiger partial charge in [0.25, 0.3) is 0 Å². The Morgan fingerprint density at radius 3 is 2.50 bits per heavy atom. The SMILES string of the molecule is Cc1cc(C)cc(NC(=O)C(=O)N2CCCNCC2)c1. The van der Waals surface area contributed by atoms with Gasteiger partial charge in [-0.25, -0.2) is 0 Å². The third-order valence-corrected chi connectivity index (χ3v) is 3.30. The van der Waals surface area contributed by atoms with E-state index in [4.69, 9.17) is 0 Å². The normalized spacial score (nSPS) is 15.6. The average molecular weight is 275 g/mol. The van der Waals surface area contributed by atoms with Gasteiger partial charge in [0.2, 0.25) is 0 Å². The number of hydrogen-bond acceptors (Lipinski definition) is 3. The summed E-state index contributed by atoms with van der Waals surface area (Å²) in [5.41, 5.74) is 2.80. The third-order valence-electron chi connectivity index (χ3n) is 3.30. The Hall–Kier alpha value is -1.88. The van der Waals surface area contributed by atoms with Crippen LogP contribution in [0.4, 0.5) is 5.69 Å². The zero-order chi connectivity index (χ0) is 14.5. The van der Waals surface area contributed by atoms with Crippen molar-refractivity contribution in [2.75, 3.05) is 31.5 Å². The summed E-state index contributed by atoms with van der Waals surface area (Å²) in [7, 11) is 0. The fraction of sp³-hybridized carbons (Fsp3) is 0.467. The Morgan fingerprint density at radius 1 is 1.10 bits per heavy atom. The molecule has 0 bridgehead atoms. The Balaban J connectivity index is 2.01. The number of carbonyl (C=O) groups excluding carboxylic acids is 2. The molecule has 1 fully saturated rings. The lowest BCUT2D eigenvalue weighted by Gasteiger charge is -2.19. The molecule has 1 aromatic rings. The zero-order valence-electron chi connectivity index (χ0n) is 12.0. The molecule has 1 saturated heterocycles. The van der Waals surface area contributed by atoms with Crippen molar-refractivity contribution in [2.45, 2.75) is 20.3 Å². The molecule has 2 N–H and O–H groups in total. The van der Waals surface area contributed by atoms with Crippen molar-refractivity contribution >= 4 is 17.5 Å². The first-order chi connectivity index (χ1) is 9.56. The van der Waals surface area contributed by atoms with E-state index in [-0.39, 0.29) is 0 Å². The first kappa shape index (κ1) is 14.5. The highest BCUT2D eigenvalue weighted by molar-refractivity contribution is 6.39. The molecule has 5 nitrogen and oxygen atoms in total. The molecule has 0 aromatic heterocycles. The predicted molar refractivity (Wildman–Crippen MR) is 78.6 cm³/mol. The fourth-order valence-corrected chi connectivity index (χ4v) is 2.42. The average Bonchev–Trinajstić information content (AvgIpc) is 2.65. The molecular formula is C15H21N3O2. The summed E-state index contributed by atoms with van der Waals surface area (Å²) in [4.78, 5) is 25.7. The number of nitrogens with one attached hydrogen (secondary N) is 2. The molecule has 0 saturated carbocycles. The molecule has 1 aliphatic heterocycles. The van der Waals surface area contributed by atoms with Crippen LogP contribution in [0.1, 0.15) is 17.5 Å². The molecular weight excluding hydrogens is 254 g/mol. The van der Waals surface area contributed by atoms with Crippen LogP contribution in [0.5, 0.6) is 0 Å². The first-order valence-corrected chi connectivity index (χ1v) is 6.95. The van der Waals surface area contributed by atoms with Crippen LogP contribution in [0.2, 0.25) is 0 Å². The van der Waals surface area contributed by atoms with Crippen LogP contribution in [0.15, 0.2) is 18.2 Å². The highest BCUT2D eigenvalue weighted by Gasteiger charge is 2.22. The van der Waals surface area contributed by atoms with E-state index >= 15 is 0 Å². The maximum Gasteiger partial charge on any atom is 0.313 e. The Kier molecular flexibility index (Phi) is 4.74. The van der Waals surface area contributed by atoms with E-state index in [0.29, 0.717) is 18.8 Å². The largest absolute Gasteiger partial charge is 0.333 e. The maximum absolute atomic E-state index is 12.1. The molecule has 2 rings (SSSR count). The number of aryl methyl sites for hydroxylation is 2. The molecule has 0 spiro atoms. The van der Waals surface area contributed by atoms with Crippen LogP contribution in [0.25, 0.3) is 0 Å². The minimum atomic E-state index is -0.558. The first-order valence-electron chi connectivity index (χ1n) is 6.95. The third kappa shape index (κ3) is 3.81. The minimum absolute atomic E-state index is 0.451. The van der Waals surface area contributed by atoms with Crippen molar-refractivity contribution in [3.8, 4) is 0 Å². The van der Waals surface area contributed by atoms with E-state index in [9.17, 15) is 9.59 Å². The highest BCUT2D eigenvalue weighted by Crippen LogP contribution is 2.13. The summed E-state index contributed by atoms with van der Waals surface area (Å²) in [6.07, 6.45) is 0.878. The van der Waals surface area contributed by atoms with Gasteiger partial charge in [0, 0.05) is 25.3 Å². The number of amides is 2. The lowest BCUT2D eigenvalue weighted by Crippen LogP contribution is -2.41. The molecule has 1 aliphatic rings. The van der Waals surface area contributed by atoms with E-state index in [0.717, 1.165) is 30.6 Å². The van der Waals surface area contributed by atoms with Gasteiger partial charge in [0.15, 0.2) is 0 Å². The van der Waals surface area contributed by atoms with Crippen LogP contribution < -0.4 is 10.6 Å². The van der Waals surface area contributed by atoms with E-state index in [1.807, 2.05) is 32.0 Å². The van der Waals surface area contributed by atoms with Crippen molar-refractivity contribution in [3.63, 3.8) is 0 Å². The van der Waals surface area contributed by atoms with Crippen LogP contribution in [-0.2, 0) is 9.59 Å². The minimum Gasteiger partial charge on any atom is -0.333 e. The zero-order valence-corrected chi connectivity index (χ0v) is 12.0. The van der Waals surface area contributed by atoms with Crippen molar-refractivity contribution < 1.29 is 9.59 Å². The van der Waals surface area contributed by atoms with Gasteiger partial charge in [0.1, 0.15) is 0 Å². The van der Waals surface area contributed by atoms with Gasteiger partial charge in [0.05, 0.1) is 0 Å². The van der Waals surface area contributed by atoms with Crippen molar-refractivity contribution in [1.29, 1.82) is 0 Å². The second kappa shape index (κ2) is 6.52. The lowest BCUT2D eigenvalue weighted by molar-refractivity contribution is -0.143. The second-order valence-corrected chi connectivity index (χ2v) is 5.23. The molecule has 0 atom stereocenters. The van der Waals surface area contributed by atoms with Gasteiger partial charge in [-0.3, -0.25) is 9.59 Å².